The lowest BCUT2D eigenvalue weighted by molar-refractivity contribution is 0.396. The molecule has 0 N–H and O–H groups in total. The fraction of sp³-hybridized carbons (Fsp3) is 0.105. The number of aromatic nitrogens is 3. The van der Waals surface area contributed by atoms with Gasteiger partial charge in [0.15, 0.2) is 5.82 Å². The van der Waals surface area contributed by atoms with E-state index in [9.17, 15) is 8.78 Å². The van der Waals surface area contributed by atoms with E-state index in [4.69, 9.17) is 4.74 Å². The number of benzene rings is 1. The molecule has 0 unspecified atom stereocenters. The van der Waals surface area contributed by atoms with Crippen LogP contribution >= 0.6 is 0 Å². The molecule has 0 saturated carbocycles. The first-order chi connectivity index (χ1) is 12.0. The van der Waals surface area contributed by atoms with Gasteiger partial charge in [-0.05, 0) is 37.3 Å². The minimum absolute atomic E-state index is 0.206. The average Bonchev–Trinajstić information content (AvgIpc) is 2.63. The van der Waals surface area contributed by atoms with Gasteiger partial charge in [0.05, 0.1) is 30.4 Å². The summed E-state index contributed by atoms with van der Waals surface area (Å²) in [5.74, 6) is -0.663. The molecular weight excluding hydrogens is 324 g/mol. The number of ether oxygens (including phenoxy) is 1. The zero-order chi connectivity index (χ0) is 18.0. The SMILES string of the molecule is C=Cc1nc(-c2ccc(F)cc2)c(-c2cc(OC)ncc2F)nc1C. The average molecular weight is 339 g/mol. The lowest BCUT2D eigenvalue weighted by Gasteiger charge is -2.13. The van der Waals surface area contributed by atoms with Crippen molar-refractivity contribution in [2.24, 2.45) is 0 Å². The van der Waals surface area contributed by atoms with Gasteiger partial charge in [-0.1, -0.05) is 6.58 Å². The predicted octanol–water partition coefficient (Wildman–Crippen LogP) is 4.44. The molecule has 0 atom stereocenters. The highest BCUT2D eigenvalue weighted by Crippen LogP contribution is 2.33. The molecule has 0 spiro atoms. The lowest BCUT2D eigenvalue weighted by atomic mass is 10.0. The van der Waals surface area contributed by atoms with Gasteiger partial charge in [-0.15, -0.1) is 0 Å². The van der Waals surface area contributed by atoms with E-state index in [1.54, 1.807) is 25.1 Å². The van der Waals surface area contributed by atoms with Crippen molar-refractivity contribution in [1.29, 1.82) is 0 Å². The molecule has 2 heterocycles. The fourth-order valence-electron chi connectivity index (χ4n) is 2.44. The van der Waals surface area contributed by atoms with E-state index in [0.29, 0.717) is 28.3 Å². The van der Waals surface area contributed by atoms with Crippen molar-refractivity contribution in [1.82, 2.24) is 15.0 Å². The van der Waals surface area contributed by atoms with Crippen LogP contribution in [0.1, 0.15) is 11.4 Å². The van der Waals surface area contributed by atoms with E-state index in [1.807, 2.05) is 0 Å². The summed E-state index contributed by atoms with van der Waals surface area (Å²) in [6.45, 7) is 5.48. The summed E-state index contributed by atoms with van der Waals surface area (Å²) in [5.41, 5.74) is 2.75. The molecule has 4 nitrogen and oxygen atoms in total. The standard InChI is InChI=1S/C19H15F2N3O/c1-4-16-11(2)23-19(14-9-17(25-3)22-10-15(14)21)18(24-16)12-5-7-13(20)8-6-12/h4-10H,1H2,2-3H3. The fourth-order valence-corrected chi connectivity index (χ4v) is 2.44. The van der Waals surface area contributed by atoms with E-state index >= 15 is 0 Å². The van der Waals surface area contributed by atoms with Gasteiger partial charge in [0, 0.05) is 17.2 Å². The summed E-state index contributed by atoms with van der Waals surface area (Å²) < 4.78 is 32.7. The molecule has 126 valence electrons. The first-order valence-corrected chi connectivity index (χ1v) is 7.50. The molecule has 0 bridgehead atoms. The zero-order valence-corrected chi connectivity index (χ0v) is 13.8. The summed E-state index contributed by atoms with van der Waals surface area (Å²) >= 11 is 0. The molecule has 0 amide bonds. The molecule has 3 rings (SSSR count). The van der Waals surface area contributed by atoms with Crippen LogP contribution in [0.25, 0.3) is 28.6 Å². The Hall–Kier alpha value is -3.15. The highest BCUT2D eigenvalue weighted by Gasteiger charge is 2.18. The van der Waals surface area contributed by atoms with Crippen molar-refractivity contribution in [3.63, 3.8) is 0 Å². The number of aryl methyl sites for hydroxylation is 1. The highest BCUT2D eigenvalue weighted by molar-refractivity contribution is 5.79. The van der Waals surface area contributed by atoms with Crippen LogP contribution in [0.15, 0.2) is 43.1 Å². The first-order valence-electron chi connectivity index (χ1n) is 7.50. The van der Waals surface area contributed by atoms with Gasteiger partial charge in [0.2, 0.25) is 5.88 Å². The Morgan fingerprint density at radius 3 is 2.44 bits per heavy atom. The van der Waals surface area contributed by atoms with Gasteiger partial charge in [-0.3, -0.25) is 0 Å². The van der Waals surface area contributed by atoms with Gasteiger partial charge in [0.1, 0.15) is 11.5 Å². The number of hydrogen-bond acceptors (Lipinski definition) is 4. The molecule has 0 aliphatic carbocycles. The number of nitrogens with zero attached hydrogens (tertiary/aromatic N) is 3. The topological polar surface area (TPSA) is 47.9 Å². The molecule has 3 aromatic rings. The molecular formula is C19H15F2N3O. The normalized spacial score (nSPS) is 10.6. The number of halogens is 2. The van der Waals surface area contributed by atoms with E-state index in [2.05, 4.69) is 21.5 Å². The molecule has 0 saturated heterocycles. The predicted molar refractivity (Wildman–Crippen MR) is 92.0 cm³/mol. The van der Waals surface area contributed by atoms with Crippen molar-refractivity contribution >= 4 is 6.08 Å². The summed E-state index contributed by atoms with van der Waals surface area (Å²) in [6, 6.07) is 7.23. The van der Waals surface area contributed by atoms with Crippen molar-refractivity contribution in [2.75, 3.05) is 7.11 Å². The Morgan fingerprint density at radius 1 is 1.08 bits per heavy atom. The van der Waals surface area contributed by atoms with Crippen LogP contribution < -0.4 is 4.74 Å². The van der Waals surface area contributed by atoms with E-state index in [1.165, 1.54) is 25.3 Å². The van der Waals surface area contributed by atoms with Gasteiger partial charge < -0.3 is 4.74 Å². The third-order valence-electron chi connectivity index (χ3n) is 3.71. The lowest BCUT2D eigenvalue weighted by Crippen LogP contribution is -2.02. The van der Waals surface area contributed by atoms with Gasteiger partial charge in [0.25, 0.3) is 0 Å². The maximum absolute atomic E-state index is 14.4. The third-order valence-corrected chi connectivity index (χ3v) is 3.71. The largest absolute Gasteiger partial charge is 0.481 e. The van der Waals surface area contributed by atoms with Crippen LogP contribution in [0.3, 0.4) is 0 Å². The Morgan fingerprint density at radius 2 is 1.80 bits per heavy atom. The van der Waals surface area contributed by atoms with Crippen LogP contribution in [0, 0.1) is 18.6 Å². The highest BCUT2D eigenvalue weighted by atomic mass is 19.1. The van der Waals surface area contributed by atoms with Crippen molar-refractivity contribution in [3.05, 3.63) is 66.1 Å². The Bertz CT molecular complexity index is 940. The molecule has 0 radical (unpaired) electrons. The van der Waals surface area contributed by atoms with Gasteiger partial charge in [-0.2, -0.15) is 0 Å². The minimum atomic E-state index is -0.552. The monoisotopic (exact) mass is 339 g/mol. The van der Waals surface area contributed by atoms with E-state index in [-0.39, 0.29) is 17.3 Å². The second kappa shape index (κ2) is 6.76. The van der Waals surface area contributed by atoms with Gasteiger partial charge in [-0.25, -0.2) is 23.7 Å². The summed E-state index contributed by atoms with van der Waals surface area (Å²) in [5, 5.41) is 0. The second-order valence-corrected chi connectivity index (χ2v) is 5.31. The van der Waals surface area contributed by atoms with Gasteiger partial charge >= 0.3 is 0 Å². The molecule has 0 fully saturated rings. The third kappa shape index (κ3) is 3.24. The number of pyridine rings is 1. The molecule has 0 aliphatic heterocycles. The van der Waals surface area contributed by atoms with Crippen LogP contribution in [0.4, 0.5) is 8.78 Å². The number of methoxy groups -OCH3 is 1. The zero-order valence-electron chi connectivity index (χ0n) is 13.8. The summed E-state index contributed by atoms with van der Waals surface area (Å²) in [6.07, 6.45) is 2.64. The maximum Gasteiger partial charge on any atom is 0.213 e. The molecule has 1 aromatic carbocycles. The van der Waals surface area contributed by atoms with Crippen LogP contribution in [0.5, 0.6) is 5.88 Å². The maximum atomic E-state index is 14.4. The molecule has 0 aliphatic rings. The Labute approximate surface area is 143 Å². The van der Waals surface area contributed by atoms with Crippen molar-refractivity contribution in [2.45, 2.75) is 6.92 Å². The second-order valence-electron chi connectivity index (χ2n) is 5.31. The summed E-state index contributed by atoms with van der Waals surface area (Å²) in [7, 11) is 1.45. The first kappa shape index (κ1) is 16.7. The van der Waals surface area contributed by atoms with Crippen molar-refractivity contribution < 1.29 is 13.5 Å². The number of rotatable bonds is 4. The Kier molecular flexibility index (Phi) is 4.52. The Balaban J connectivity index is 2.30. The molecule has 6 heteroatoms. The van der Waals surface area contributed by atoms with Crippen molar-refractivity contribution in [3.8, 4) is 28.4 Å². The van der Waals surface area contributed by atoms with Crippen LogP contribution in [0.2, 0.25) is 0 Å². The van der Waals surface area contributed by atoms with Crippen LogP contribution in [-0.2, 0) is 0 Å². The van der Waals surface area contributed by atoms with E-state index in [0.717, 1.165) is 6.20 Å². The number of hydrogen-bond donors (Lipinski definition) is 0. The summed E-state index contributed by atoms with van der Waals surface area (Å²) in [4.78, 5) is 12.9. The smallest absolute Gasteiger partial charge is 0.213 e. The quantitative estimate of drug-likeness (QED) is 0.705. The molecule has 25 heavy (non-hydrogen) atoms. The molecule has 2 aromatic heterocycles. The van der Waals surface area contributed by atoms with Crippen LogP contribution in [-0.4, -0.2) is 22.1 Å². The van der Waals surface area contributed by atoms with E-state index < -0.39 is 5.82 Å². The minimum Gasteiger partial charge on any atom is -0.481 e.